The normalized spacial score (nSPS) is 12.7. The van der Waals surface area contributed by atoms with Gasteiger partial charge in [-0.1, -0.05) is 6.92 Å². The smallest absolute Gasteiger partial charge is 0.297 e. The first kappa shape index (κ1) is 12.2. The molecule has 0 saturated heterocycles. The van der Waals surface area contributed by atoms with E-state index in [9.17, 15) is 9.36 Å². The highest BCUT2D eigenvalue weighted by Gasteiger charge is 2.19. The Bertz CT molecular complexity index is 251. The number of carbonyl (C=O) groups excluding carboxylic acids is 1. The van der Waals surface area contributed by atoms with Crippen LogP contribution in [-0.2, 0) is 13.9 Å². The molecule has 0 aliphatic carbocycles. The summed E-state index contributed by atoms with van der Waals surface area (Å²) < 4.78 is 14.4. The van der Waals surface area contributed by atoms with E-state index in [1.54, 1.807) is 13.8 Å². The van der Waals surface area contributed by atoms with Crippen molar-refractivity contribution < 1.29 is 18.8 Å². The van der Waals surface area contributed by atoms with Crippen LogP contribution in [0.25, 0.3) is 0 Å². The molecule has 2 atom stereocenters. The topological polar surface area (TPSA) is 63.6 Å². The van der Waals surface area contributed by atoms with Crippen LogP contribution < -0.4 is 0 Å². The van der Waals surface area contributed by atoms with Crippen molar-refractivity contribution in [3.05, 3.63) is 0 Å². The first-order valence-electron chi connectivity index (χ1n) is 3.79. The summed E-state index contributed by atoms with van der Waals surface area (Å²) in [6.45, 7) is 3.08. The molecule has 1 N–H and O–H groups in total. The summed E-state index contributed by atoms with van der Waals surface area (Å²) in [6, 6.07) is 0. The molecule has 0 amide bonds. The highest BCUT2D eigenvalue weighted by atomic mass is 31.1. The second-order valence-corrected chi connectivity index (χ2v) is 3.24. The van der Waals surface area contributed by atoms with Crippen LogP contribution in [0.15, 0.2) is 0 Å². The molecule has 0 saturated carbocycles. The van der Waals surface area contributed by atoms with E-state index in [4.69, 9.17) is 4.89 Å². The van der Waals surface area contributed by atoms with Crippen molar-refractivity contribution in [2.24, 2.45) is 5.92 Å². The lowest BCUT2D eigenvalue weighted by molar-refractivity contribution is -0.124. The van der Waals surface area contributed by atoms with Gasteiger partial charge in [-0.2, -0.15) is 0 Å². The zero-order valence-corrected chi connectivity index (χ0v) is 8.51. The Morgan fingerprint density at radius 3 is 2.77 bits per heavy atom. The quantitative estimate of drug-likeness (QED) is 0.539. The Labute approximate surface area is 78.2 Å². The summed E-state index contributed by atoms with van der Waals surface area (Å²) in [6.07, 6.45) is 0.459. The standard InChI is InChI=1S/C8H11O4P/c1-3-4-5-7(2)8(9)6-12-13(10)11/h7H,5-6H2,1-2H3/p+1. The molecule has 0 radical (unpaired) electrons. The molecule has 0 heterocycles. The Hall–Kier alpha value is -0.750. The number of carbonyl (C=O) groups is 1. The number of Topliss-reactive ketones (excluding diaryl/α,β-unsaturated/α-hetero) is 1. The van der Waals surface area contributed by atoms with Crippen LogP contribution in [0, 0.1) is 17.8 Å². The van der Waals surface area contributed by atoms with Crippen LogP contribution in [0.1, 0.15) is 20.3 Å². The molecular formula is C8H12O4P+. The van der Waals surface area contributed by atoms with Crippen LogP contribution >= 0.6 is 8.25 Å². The van der Waals surface area contributed by atoms with Gasteiger partial charge in [-0.05, 0) is 6.92 Å². The Kier molecular flexibility index (Phi) is 6.34. The van der Waals surface area contributed by atoms with Crippen LogP contribution in [0.4, 0.5) is 0 Å². The summed E-state index contributed by atoms with van der Waals surface area (Å²) in [5.74, 6) is 4.97. The zero-order chi connectivity index (χ0) is 10.3. The van der Waals surface area contributed by atoms with Gasteiger partial charge < -0.3 is 0 Å². The third-order valence-electron chi connectivity index (χ3n) is 1.45. The molecule has 5 heteroatoms. The van der Waals surface area contributed by atoms with Gasteiger partial charge >= 0.3 is 8.25 Å². The van der Waals surface area contributed by atoms with Crippen molar-refractivity contribution in [3.8, 4) is 11.8 Å². The Morgan fingerprint density at radius 1 is 1.69 bits per heavy atom. The third kappa shape index (κ3) is 6.41. The minimum atomic E-state index is -2.68. The maximum atomic E-state index is 11.1. The van der Waals surface area contributed by atoms with Gasteiger partial charge in [0.05, 0.1) is 0 Å². The van der Waals surface area contributed by atoms with E-state index in [0.29, 0.717) is 6.42 Å². The minimum Gasteiger partial charge on any atom is -0.297 e. The van der Waals surface area contributed by atoms with Crippen molar-refractivity contribution in [3.63, 3.8) is 0 Å². The number of ketones is 1. The monoisotopic (exact) mass is 203 g/mol. The average Bonchev–Trinajstić information content (AvgIpc) is 2.10. The van der Waals surface area contributed by atoms with Crippen molar-refractivity contribution >= 4 is 14.0 Å². The highest BCUT2D eigenvalue weighted by molar-refractivity contribution is 7.32. The van der Waals surface area contributed by atoms with Crippen LogP contribution in [-0.4, -0.2) is 17.3 Å². The Morgan fingerprint density at radius 2 is 2.31 bits per heavy atom. The molecular weight excluding hydrogens is 191 g/mol. The molecule has 0 aliphatic heterocycles. The SMILES string of the molecule is CC#CCC(C)C(=O)CO[P+](=O)O. The van der Waals surface area contributed by atoms with Gasteiger partial charge in [-0.3, -0.25) is 4.79 Å². The zero-order valence-electron chi connectivity index (χ0n) is 7.61. The van der Waals surface area contributed by atoms with Gasteiger partial charge in [0.25, 0.3) is 0 Å². The molecule has 4 nitrogen and oxygen atoms in total. The van der Waals surface area contributed by atoms with Gasteiger partial charge in [0.1, 0.15) is 0 Å². The maximum absolute atomic E-state index is 11.1. The van der Waals surface area contributed by atoms with Crippen molar-refractivity contribution in [1.82, 2.24) is 0 Å². The molecule has 72 valence electrons. The fourth-order valence-corrected chi connectivity index (χ4v) is 0.868. The predicted molar refractivity (Wildman–Crippen MR) is 48.0 cm³/mol. The predicted octanol–water partition coefficient (Wildman–Crippen LogP) is 1.27. The fraction of sp³-hybridized carbons (Fsp3) is 0.625. The van der Waals surface area contributed by atoms with E-state index in [-0.39, 0.29) is 18.3 Å². The van der Waals surface area contributed by atoms with E-state index < -0.39 is 8.25 Å². The number of rotatable bonds is 5. The lowest BCUT2D eigenvalue weighted by Crippen LogP contribution is -2.15. The summed E-state index contributed by atoms with van der Waals surface area (Å²) in [5, 5.41) is 0. The van der Waals surface area contributed by atoms with E-state index >= 15 is 0 Å². The van der Waals surface area contributed by atoms with E-state index in [1.165, 1.54) is 0 Å². The lowest BCUT2D eigenvalue weighted by Gasteiger charge is -2.01. The second kappa shape index (κ2) is 6.73. The number of hydrogen-bond donors (Lipinski definition) is 1. The first-order chi connectivity index (χ1) is 6.07. The largest absolute Gasteiger partial charge is 0.695 e. The maximum Gasteiger partial charge on any atom is 0.695 e. The second-order valence-electron chi connectivity index (χ2n) is 2.51. The fourth-order valence-electron chi connectivity index (χ4n) is 0.630. The molecule has 13 heavy (non-hydrogen) atoms. The van der Waals surface area contributed by atoms with Gasteiger partial charge in [-0.15, -0.1) is 21.3 Å². The van der Waals surface area contributed by atoms with Gasteiger partial charge in [-0.25, -0.2) is 0 Å². The van der Waals surface area contributed by atoms with E-state index in [0.717, 1.165) is 0 Å². The Balaban J connectivity index is 3.80. The molecule has 2 unspecified atom stereocenters. The first-order valence-corrected chi connectivity index (χ1v) is 4.92. The van der Waals surface area contributed by atoms with E-state index in [1.807, 2.05) is 0 Å². The van der Waals surface area contributed by atoms with Crippen LogP contribution in [0.5, 0.6) is 0 Å². The molecule has 0 aliphatic rings. The third-order valence-corrected chi connectivity index (χ3v) is 1.80. The molecule has 0 aromatic carbocycles. The summed E-state index contributed by atoms with van der Waals surface area (Å²) in [4.78, 5) is 19.4. The van der Waals surface area contributed by atoms with Gasteiger partial charge in [0.2, 0.25) is 0 Å². The van der Waals surface area contributed by atoms with Crippen molar-refractivity contribution in [2.75, 3.05) is 6.61 Å². The molecule has 0 spiro atoms. The summed E-state index contributed by atoms with van der Waals surface area (Å²) in [7, 11) is -2.68. The summed E-state index contributed by atoms with van der Waals surface area (Å²) >= 11 is 0. The van der Waals surface area contributed by atoms with Crippen LogP contribution in [0.2, 0.25) is 0 Å². The molecule has 0 fully saturated rings. The average molecular weight is 203 g/mol. The van der Waals surface area contributed by atoms with Gasteiger partial charge in [0, 0.05) is 16.9 Å². The van der Waals surface area contributed by atoms with Crippen molar-refractivity contribution in [1.29, 1.82) is 0 Å². The molecule has 0 aromatic heterocycles. The lowest BCUT2D eigenvalue weighted by atomic mass is 10.0. The molecule has 0 aromatic rings. The van der Waals surface area contributed by atoms with Crippen molar-refractivity contribution in [2.45, 2.75) is 20.3 Å². The number of hydrogen-bond acceptors (Lipinski definition) is 3. The summed E-state index contributed by atoms with van der Waals surface area (Å²) in [5.41, 5.74) is 0. The van der Waals surface area contributed by atoms with Crippen LogP contribution in [0.3, 0.4) is 0 Å². The van der Waals surface area contributed by atoms with E-state index in [2.05, 4.69) is 16.4 Å². The molecule has 0 rings (SSSR count). The molecule has 0 bridgehead atoms. The minimum absolute atomic E-state index is 0.208. The highest BCUT2D eigenvalue weighted by Crippen LogP contribution is 2.15. The van der Waals surface area contributed by atoms with Gasteiger partial charge in [0.15, 0.2) is 12.4 Å².